The molecule has 154 valence electrons. The molecule has 0 saturated heterocycles. The van der Waals surface area contributed by atoms with Crippen LogP contribution in [0.1, 0.15) is 28.2 Å². The third-order valence-corrected chi connectivity index (χ3v) is 4.73. The fraction of sp³-hybridized carbons (Fsp3) is 0.200. The van der Waals surface area contributed by atoms with Crippen molar-refractivity contribution in [2.45, 2.75) is 19.0 Å². The maximum Gasteiger partial charge on any atom is 0.471 e. The third-order valence-electron chi connectivity index (χ3n) is 4.73. The van der Waals surface area contributed by atoms with Crippen molar-refractivity contribution >= 4 is 23.2 Å². The van der Waals surface area contributed by atoms with Gasteiger partial charge in [0.15, 0.2) is 0 Å². The highest BCUT2D eigenvalue weighted by molar-refractivity contribution is 6.05. The summed E-state index contributed by atoms with van der Waals surface area (Å²) >= 11 is 0. The van der Waals surface area contributed by atoms with E-state index >= 15 is 0 Å². The minimum atomic E-state index is -4.74. The molecule has 0 unspecified atom stereocenters. The highest BCUT2D eigenvalue weighted by Gasteiger charge is 2.38. The molecule has 4 rings (SSSR count). The van der Waals surface area contributed by atoms with Crippen molar-refractivity contribution in [3.8, 4) is 11.4 Å². The molecule has 1 aliphatic heterocycles. The highest BCUT2D eigenvalue weighted by Crippen LogP contribution is 2.31. The Morgan fingerprint density at radius 1 is 1.17 bits per heavy atom. The van der Waals surface area contributed by atoms with Gasteiger partial charge in [-0.25, -0.2) is 0 Å². The average Bonchev–Trinajstić information content (AvgIpc) is 3.22. The van der Waals surface area contributed by atoms with E-state index < -0.39 is 18.0 Å². The summed E-state index contributed by atoms with van der Waals surface area (Å²) in [5.41, 5.74) is 2.72. The number of nitrogens with zero attached hydrogens (tertiary/aromatic N) is 3. The zero-order valence-corrected chi connectivity index (χ0v) is 15.7. The average molecular weight is 416 g/mol. The number of nitrogens with one attached hydrogen (secondary N) is 1. The summed E-state index contributed by atoms with van der Waals surface area (Å²) < 4.78 is 42.2. The van der Waals surface area contributed by atoms with Crippen molar-refractivity contribution in [3.05, 3.63) is 59.5 Å². The van der Waals surface area contributed by atoms with Crippen LogP contribution in [0.25, 0.3) is 11.4 Å². The Kier molecular flexibility index (Phi) is 4.76. The lowest BCUT2D eigenvalue weighted by Crippen LogP contribution is -2.31. The van der Waals surface area contributed by atoms with Gasteiger partial charge in [-0.1, -0.05) is 17.3 Å². The predicted molar refractivity (Wildman–Crippen MR) is 101 cm³/mol. The number of fused-ring (bicyclic) bond motifs is 1. The summed E-state index contributed by atoms with van der Waals surface area (Å²) in [6.07, 6.45) is -3.77. The van der Waals surface area contributed by atoms with E-state index in [2.05, 4.69) is 20.0 Å². The lowest BCUT2D eigenvalue weighted by Gasteiger charge is -2.26. The molecule has 2 aromatic carbocycles. The number of halogens is 3. The molecular weight excluding hydrogens is 401 g/mol. The number of anilines is 2. The molecule has 0 spiro atoms. The van der Waals surface area contributed by atoms with Crippen LogP contribution in [0, 0.1) is 0 Å². The van der Waals surface area contributed by atoms with Gasteiger partial charge in [0.1, 0.15) is 0 Å². The summed E-state index contributed by atoms with van der Waals surface area (Å²) in [5, 5.41) is 6.08. The number of hydrogen-bond donors (Lipinski definition) is 1. The number of alkyl halides is 3. The van der Waals surface area contributed by atoms with Crippen molar-refractivity contribution in [1.82, 2.24) is 10.1 Å². The van der Waals surface area contributed by atoms with E-state index in [1.807, 2.05) is 0 Å². The van der Waals surface area contributed by atoms with E-state index in [0.29, 0.717) is 18.5 Å². The number of hydrogen-bond acceptors (Lipinski definition) is 5. The minimum Gasteiger partial charge on any atom is -0.329 e. The molecule has 3 aromatic rings. The van der Waals surface area contributed by atoms with E-state index in [1.54, 1.807) is 30.1 Å². The van der Waals surface area contributed by atoms with Gasteiger partial charge in [0.25, 0.3) is 5.91 Å². The molecule has 7 nitrogen and oxygen atoms in total. The Balaban J connectivity index is 1.54. The van der Waals surface area contributed by atoms with Gasteiger partial charge in [0.2, 0.25) is 11.7 Å². The number of rotatable bonds is 3. The van der Waals surface area contributed by atoms with Crippen molar-refractivity contribution in [2.24, 2.45) is 0 Å². The Morgan fingerprint density at radius 3 is 2.70 bits per heavy atom. The van der Waals surface area contributed by atoms with Gasteiger partial charge in [-0.2, -0.15) is 18.2 Å². The van der Waals surface area contributed by atoms with Crippen LogP contribution < -0.4 is 10.2 Å². The molecule has 2 heterocycles. The second-order valence-electron chi connectivity index (χ2n) is 6.75. The van der Waals surface area contributed by atoms with Gasteiger partial charge >= 0.3 is 12.1 Å². The summed E-state index contributed by atoms with van der Waals surface area (Å²) in [6, 6.07) is 11.1. The quantitative estimate of drug-likeness (QED) is 0.699. The Morgan fingerprint density at radius 2 is 1.97 bits per heavy atom. The molecule has 0 radical (unpaired) electrons. The predicted octanol–water partition coefficient (Wildman–Crippen LogP) is 3.92. The summed E-state index contributed by atoms with van der Waals surface area (Å²) in [5.74, 6) is -2.13. The fourth-order valence-corrected chi connectivity index (χ4v) is 3.19. The van der Waals surface area contributed by atoms with Crippen molar-refractivity contribution in [1.29, 1.82) is 0 Å². The molecule has 30 heavy (non-hydrogen) atoms. The van der Waals surface area contributed by atoms with Crippen LogP contribution in [-0.4, -0.2) is 29.0 Å². The summed E-state index contributed by atoms with van der Waals surface area (Å²) in [6.45, 7) is 0. The molecule has 1 aromatic heterocycles. The van der Waals surface area contributed by atoms with Gasteiger partial charge in [-0.05, 0) is 42.3 Å². The maximum absolute atomic E-state index is 12.7. The monoisotopic (exact) mass is 416 g/mol. The number of carbonyl (C=O) groups excluding carboxylic acids is 2. The summed E-state index contributed by atoms with van der Waals surface area (Å²) in [7, 11) is 1.70. The van der Waals surface area contributed by atoms with E-state index in [9.17, 15) is 22.8 Å². The van der Waals surface area contributed by atoms with Crippen molar-refractivity contribution in [3.63, 3.8) is 0 Å². The largest absolute Gasteiger partial charge is 0.471 e. The lowest BCUT2D eigenvalue weighted by molar-refractivity contribution is -0.159. The van der Waals surface area contributed by atoms with Crippen LogP contribution in [-0.2, 0) is 17.4 Å². The Hall–Kier alpha value is -3.69. The summed E-state index contributed by atoms with van der Waals surface area (Å²) in [4.78, 5) is 29.3. The van der Waals surface area contributed by atoms with E-state index in [4.69, 9.17) is 0 Å². The number of aryl methyl sites for hydroxylation is 1. The first-order valence-electron chi connectivity index (χ1n) is 8.94. The zero-order chi connectivity index (χ0) is 21.5. The van der Waals surface area contributed by atoms with Crippen LogP contribution in [0.15, 0.2) is 47.0 Å². The number of aromatic nitrogens is 2. The molecule has 0 aliphatic carbocycles. The molecule has 2 amide bonds. The van der Waals surface area contributed by atoms with Crippen LogP contribution in [0.2, 0.25) is 0 Å². The first-order chi connectivity index (χ1) is 14.2. The second kappa shape index (κ2) is 7.29. The van der Waals surface area contributed by atoms with Crippen LogP contribution in [0.4, 0.5) is 24.5 Å². The van der Waals surface area contributed by atoms with Gasteiger partial charge < -0.3 is 14.7 Å². The normalized spacial score (nSPS) is 13.9. The van der Waals surface area contributed by atoms with Crippen LogP contribution >= 0.6 is 0 Å². The zero-order valence-electron chi connectivity index (χ0n) is 15.7. The molecule has 0 fully saturated rings. The topological polar surface area (TPSA) is 88.3 Å². The third kappa shape index (κ3) is 3.76. The first-order valence-corrected chi connectivity index (χ1v) is 8.94. The molecular formula is C20H15F3N4O3. The van der Waals surface area contributed by atoms with Gasteiger partial charge in [-0.3, -0.25) is 9.59 Å². The van der Waals surface area contributed by atoms with Crippen molar-refractivity contribution < 1.29 is 27.3 Å². The SMILES string of the molecule is CN1C(=O)CCc2cc(NC(=O)c3cccc(-c4noc(C(F)(F)F)n4)c3)ccc21. The smallest absolute Gasteiger partial charge is 0.329 e. The highest BCUT2D eigenvalue weighted by atomic mass is 19.4. The number of benzene rings is 2. The van der Waals surface area contributed by atoms with E-state index in [0.717, 1.165) is 11.3 Å². The fourth-order valence-electron chi connectivity index (χ4n) is 3.19. The van der Waals surface area contributed by atoms with Gasteiger partial charge in [0.05, 0.1) is 0 Å². The van der Waals surface area contributed by atoms with E-state index in [-0.39, 0.29) is 22.9 Å². The molecule has 1 aliphatic rings. The van der Waals surface area contributed by atoms with Crippen LogP contribution in [0.3, 0.4) is 0 Å². The lowest BCUT2D eigenvalue weighted by atomic mass is 10.0. The Bertz CT molecular complexity index is 1140. The number of carbonyl (C=O) groups is 2. The van der Waals surface area contributed by atoms with Crippen LogP contribution in [0.5, 0.6) is 0 Å². The standard InChI is InChI=1S/C20H15F3N4O3/c1-27-15-7-6-14(10-11(15)5-8-16(27)28)24-18(29)13-4-2-3-12(9-13)17-25-19(30-26-17)20(21,22)23/h2-4,6-7,9-10H,5,8H2,1H3,(H,24,29). The van der Waals surface area contributed by atoms with Crippen molar-refractivity contribution in [2.75, 3.05) is 17.3 Å². The van der Waals surface area contributed by atoms with Gasteiger partial charge in [-0.15, -0.1) is 0 Å². The molecule has 1 N–H and O–H groups in total. The molecule has 10 heteroatoms. The molecule has 0 bridgehead atoms. The minimum absolute atomic E-state index is 0.0336. The molecule has 0 saturated carbocycles. The maximum atomic E-state index is 12.7. The first kappa shape index (κ1) is 19.6. The molecule has 0 atom stereocenters. The number of amides is 2. The Labute approximate surface area is 168 Å². The second-order valence-corrected chi connectivity index (χ2v) is 6.75. The van der Waals surface area contributed by atoms with E-state index in [1.165, 1.54) is 24.3 Å². The van der Waals surface area contributed by atoms with Gasteiger partial charge in [0, 0.05) is 36.0 Å².